The first-order valence-electron chi connectivity index (χ1n) is 5.86. The summed E-state index contributed by atoms with van der Waals surface area (Å²) in [5.74, 6) is 0.670. The van der Waals surface area contributed by atoms with Gasteiger partial charge in [0, 0.05) is 17.5 Å². The van der Waals surface area contributed by atoms with E-state index in [0.29, 0.717) is 6.54 Å². The molecule has 0 unspecified atom stereocenters. The molecule has 2 aromatic rings. The third-order valence-corrected chi connectivity index (χ3v) is 3.53. The largest absolute Gasteiger partial charge is 0.482 e. The van der Waals surface area contributed by atoms with E-state index in [0.717, 1.165) is 22.7 Å². The zero-order valence-corrected chi connectivity index (χ0v) is 11.0. The van der Waals surface area contributed by atoms with Gasteiger partial charge in [0.05, 0.1) is 16.9 Å². The predicted octanol–water partition coefficient (Wildman–Crippen LogP) is 2.72. The van der Waals surface area contributed by atoms with Crippen LogP contribution in [0.4, 0.5) is 5.69 Å². The predicted molar refractivity (Wildman–Crippen MR) is 75.6 cm³/mol. The first kappa shape index (κ1) is 11.9. The Morgan fingerprint density at radius 2 is 2.42 bits per heavy atom. The minimum absolute atomic E-state index is 0.0529. The van der Waals surface area contributed by atoms with E-state index >= 15 is 0 Å². The highest BCUT2D eigenvalue weighted by Gasteiger charge is 2.24. The third kappa shape index (κ3) is 2.13. The van der Waals surface area contributed by atoms with Gasteiger partial charge in [-0.1, -0.05) is 6.08 Å². The molecule has 1 aliphatic rings. The van der Waals surface area contributed by atoms with Crippen LogP contribution >= 0.6 is 11.3 Å². The lowest BCUT2D eigenvalue weighted by Crippen LogP contribution is -2.38. The normalized spacial score (nSPS) is 13.9. The number of carbonyl (C=O) groups excluding carboxylic acids is 1. The van der Waals surface area contributed by atoms with E-state index in [1.54, 1.807) is 27.8 Å². The quantitative estimate of drug-likeness (QED) is 0.807. The minimum Gasteiger partial charge on any atom is -0.482 e. The average molecular weight is 272 g/mol. The van der Waals surface area contributed by atoms with Gasteiger partial charge in [-0.2, -0.15) is 0 Å². The Kier molecular flexibility index (Phi) is 3.05. The van der Waals surface area contributed by atoms with Crippen molar-refractivity contribution in [2.24, 2.45) is 0 Å². The van der Waals surface area contributed by atoms with Crippen molar-refractivity contribution in [3.63, 3.8) is 0 Å². The molecule has 19 heavy (non-hydrogen) atoms. The molecule has 4 nitrogen and oxygen atoms in total. The second-order valence-electron chi connectivity index (χ2n) is 4.14. The van der Waals surface area contributed by atoms with Crippen LogP contribution in [0.3, 0.4) is 0 Å². The van der Waals surface area contributed by atoms with Gasteiger partial charge >= 0.3 is 0 Å². The Labute approximate surface area is 115 Å². The highest BCUT2D eigenvalue weighted by atomic mass is 32.1. The maximum absolute atomic E-state index is 11.9. The highest BCUT2D eigenvalue weighted by molar-refractivity contribution is 7.07. The molecule has 0 spiro atoms. The first-order chi connectivity index (χ1) is 9.29. The summed E-state index contributed by atoms with van der Waals surface area (Å²) in [4.78, 5) is 17.8. The van der Waals surface area contributed by atoms with Gasteiger partial charge in [-0.05, 0) is 18.2 Å². The van der Waals surface area contributed by atoms with Crippen LogP contribution < -0.4 is 9.64 Å². The van der Waals surface area contributed by atoms with Gasteiger partial charge in [-0.25, -0.2) is 4.98 Å². The number of nitrogens with zero attached hydrogens (tertiary/aromatic N) is 2. The van der Waals surface area contributed by atoms with Crippen LogP contribution in [0, 0.1) is 0 Å². The molecule has 5 heteroatoms. The highest BCUT2D eigenvalue weighted by Crippen LogP contribution is 2.35. The Bertz CT molecular complexity index is 622. The number of thiazole rings is 1. The lowest BCUT2D eigenvalue weighted by atomic mass is 10.1. The molecular weight excluding hydrogens is 260 g/mol. The zero-order valence-electron chi connectivity index (χ0n) is 10.2. The van der Waals surface area contributed by atoms with Gasteiger partial charge < -0.3 is 9.64 Å². The Hall–Kier alpha value is -2.14. The van der Waals surface area contributed by atoms with Gasteiger partial charge in [-0.15, -0.1) is 17.9 Å². The van der Waals surface area contributed by atoms with E-state index in [1.165, 1.54) is 0 Å². The molecule has 0 saturated carbocycles. The van der Waals surface area contributed by atoms with Crippen molar-refractivity contribution in [3.05, 3.63) is 41.7 Å². The number of hydrogen-bond donors (Lipinski definition) is 0. The fourth-order valence-corrected chi connectivity index (χ4v) is 2.61. The summed E-state index contributed by atoms with van der Waals surface area (Å²) in [5, 5.41) is 1.98. The maximum atomic E-state index is 11.9. The molecule has 1 amide bonds. The van der Waals surface area contributed by atoms with E-state index in [4.69, 9.17) is 4.74 Å². The summed E-state index contributed by atoms with van der Waals surface area (Å²) in [6, 6.07) is 5.77. The van der Waals surface area contributed by atoms with Crippen molar-refractivity contribution in [3.8, 4) is 17.0 Å². The molecule has 0 aliphatic carbocycles. The minimum atomic E-state index is -0.0529. The summed E-state index contributed by atoms with van der Waals surface area (Å²) in [6.45, 7) is 4.25. The maximum Gasteiger partial charge on any atom is 0.265 e. The van der Waals surface area contributed by atoms with Crippen LogP contribution in [-0.4, -0.2) is 24.0 Å². The standard InChI is InChI=1S/C14H12N2O2S/c1-2-5-16-12-6-10(11-8-19-9-15-11)3-4-13(12)18-7-14(16)17/h2-4,6,8-9H,1,5,7H2. The van der Waals surface area contributed by atoms with Crippen LogP contribution in [0.15, 0.2) is 41.7 Å². The summed E-state index contributed by atoms with van der Waals surface area (Å²) < 4.78 is 5.44. The SMILES string of the molecule is C=CCN1C(=O)COc2ccc(-c3cscn3)cc21. The topological polar surface area (TPSA) is 42.4 Å². The smallest absolute Gasteiger partial charge is 0.265 e. The fraction of sp³-hybridized carbons (Fsp3) is 0.143. The molecule has 1 aromatic heterocycles. The molecule has 3 rings (SSSR count). The average Bonchev–Trinajstić information content (AvgIpc) is 2.96. The second-order valence-corrected chi connectivity index (χ2v) is 4.86. The number of hydrogen-bond acceptors (Lipinski definition) is 4. The lowest BCUT2D eigenvalue weighted by Gasteiger charge is -2.28. The van der Waals surface area contributed by atoms with Crippen LogP contribution in [0.25, 0.3) is 11.3 Å². The molecule has 0 atom stereocenters. The summed E-state index contributed by atoms with van der Waals surface area (Å²) >= 11 is 1.54. The van der Waals surface area contributed by atoms with Crippen molar-refractivity contribution in [2.45, 2.75) is 0 Å². The fourth-order valence-electron chi connectivity index (χ4n) is 2.05. The molecule has 0 fully saturated rings. The molecule has 96 valence electrons. The third-order valence-electron chi connectivity index (χ3n) is 2.94. The molecule has 0 saturated heterocycles. The van der Waals surface area contributed by atoms with Gasteiger partial charge in [0.2, 0.25) is 0 Å². The van der Waals surface area contributed by atoms with E-state index in [1.807, 2.05) is 23.6 Å². The monoisotopic (exact) mass is 272 g/mol. The van der Waals surface area contributed by atoms with Crippen molar-refractivity contribution in [1.82, 2.24) is 4.98 Å². The second kappa shape index (κ2) is 4.85. The number of amides is 1. The van der Waals surface area contributed by atoms with Gasteiger partial charge in [0.15, 0.2) is 6.61 Å². The van der Waals surface area contributed by atoms with E-state index in [-0.39, 0.29) is 12.5 Å². The van der Waals surface area contributed by atoms with E-state index in [9.17, 15) is 4.79 Å². The molecular formula is C14H12N2O2S. The van der Waals surface area contributed by atoms with Gasteiger partial charge in [0.25, 0.3) is 5.91 Å². The van der Waals surface area contributed by atoms with Crippen LogP contribution in [0.5, 0.6) is 5.75 Å². The molecule has 1 aromatic carbocycles. The number of rotatable bonds is 3. The van der Waals surface area contributed by atoms with Crippen molar-refractivity contribution in [2.75, 3.05) is 18.1 Å². The number of ether oxygens (including phenoxy) is 1. The molecule has 0 bridgehead atoms. The van der Waals surface area contributed by atoms with Gasteiger partial charge in [0.1, 0.15) is 5.75 Å². The number of benzene rings is 1. The van der Waals surface area contributed by atoms with Crippen molar-refractivity contribution >= 4 is 22.9 Å². The zero-order chi connectivity index (χ0) is 13.2. The van der Waals surface area contributed by atoms with Crippen molar-refractivity contribution < 1.29 is 9.53 Å². The van der Waals surface area contributed by atoms with Gasteiger partial charge in [-0.3, -0.25) is 4.79 Å². The molecule has 0 N–H and O–H groups in total. The van der Waals surface area contributed by atoms with Crippen LogP contribution in [0.1, 0.15) is 0 Å². The Morgan fingerprint density at radius 3 is 3.16 bits per heavy atom. The number of aromatic nitrogens is 1. The summed E-state index contributed by atoms with van der Waals surface area (Å²) in [6.07, 6.45) is 1.71. The van der Waals surface area contributed by atoms with Crippen LogP contribution in [-0.2, 0) is 4.79 Å². The molecule has 0 radical (unpaired) electrons. The summed E-state index contributed by atoms with van der Waals surface area (Å²) in [7, 11) is 0. The Morgan fingerprint density at radius 1 is 1.53 bits per heavy atom. The Balaban J connectivity index is 2.06. The van der Waals surface area contributed by atoms with Crippen LogP contribution in [0.2, 0.25) is 0 Å². The van der Waals surface area contributed by atoms with Crippen molar-refractivity contribution in [1.29, 1.82) is 0 Å². The number of carbonyl (C=O) groups is 1. The van der Waals surface area contributed by atoms with E-state index < -0.39 is 0 Å². The summed E-state index contributed by atoms with van der Waals surface area (Å²) in [5.41, 5.74) is 4.45. The number of anilines is 1. The molecule has 1 aliphatic heterocycles. The van der Waals surface area contributed by atoms with E-state index in [2.05, 4.69) is 11.6 Å². The first-order valence-corrected chi connectivity index (χ1v) is 6.80. The number of fused-ring (bicyclic) bond motifs is 1. The molecule has 2 heterocycles. The lowest BCUT2D eigenvalue weighted by molar-refractivity contribution is -0.121.